The predicted octanol–water partition coefficient (Wildman–Crippen LogP) is 17.8. The Balaban J connectivity index is 0.000000338. The topological polar surface area (TPSA) is 278 Å². The van der Waals surface area contributed by atoms with Crippen LogP contribution in [-0.4, -0.2) is 125 Å². The minimum Gasteiger partial charge on any atom is -0.491 e. The molecule has 11 N–H and O–H groups in total. The summed E-state index contributed by atoms with van der Waals surface area (Å²) in [5, 5.41) is 105. The van der Waals surface area contributed by atoms with Gasteiger partial charge in [-0.3, -0.25) is 4.79 Å². The molecule has 17 nitrogen and oxygen atoms in total. The molecular formula is C87H139NO16. The maximum atomic E-state index is 10.9. The summed E-state index contributed by atoms with van der Waals surface area (Å²) in [6, 6.07) is 37.5. The molecule has 0 saturated heterocycles. The van der Waals surface area contributed by atoms with E-state index in [1.54, 1.807) is 6.07 Å². The standard InChI is InChI=1S/C19H29NO4.C18H30O3.C17H26O3.C16H24O3.C16H26O3.CH4/c1-15(21)20-12-9-18(22)16-7-6-8-17(13-16)24-14-19(23)10-4-2-3-5-11-19;1-4-8-17(19)15-9-7-10-16(13-15)21-14-18(20,11-5-2)12-6-3;1-2-7-16(18)14-8-6-9-15(12-14)20-13-17(19)10-4-3-5-11-17;1-2-6-15(17)13-7-5-8-14(11-13)19-12-16(18)9-3-4-10-16;1-4-8-15(17)13-9-7-10-14(11-13)19-12-16(18,5-2)6-3;/h6-8,13,18,22-23H,2-5,9-12,14H2,1H3,(H,20,21);7,9-10,13,17,19-20H,4-6,8,11-12,14H2,1-3H3;6,8-9,12,16,18-19H,2-5,7,10-11,13H2,1H3;5,7-8,11,15,17-18H,2-4,6,9-10,12H2,1H3;7,9-11,15,17-18H,4-6,8,12H2,1-3H3;1H4. The molecule has 17 heteroatoms. The highest BCUT2D eigenvalue weighted by Gasteiger charge is 2.33. The number of hydrogen-bond acceptors (Lipinski definition) is 16. The van der Waals surface area contributed by atoms with E-state index in [1.807, 2.05) is 136 Å². The molecule has 8 rings (SSSR count). The molecular weight excluding hydrogens is 1310 g/mol. The van der Waals surface area contributed by atoms with Crippen LogP contribution in [0.3, 0.4) is 0 Å². The molecule has 0 aromatic heterocycles. The maximum Gasteiger partial charge on any atom is 0.216 e. The second-order valence-corrected chi connectivity index (χ2v) is 29.3. The minimum absolute atomic E-state index is 0. The average Bonchev–Trinajstić information content (AvgIpc) is 1.08. The smallest absolute Gasteiger partial charge is 0.216 e. The highest BCUT2D eigenvalue weighted by atomic mass is 16.5. The first-order chi connectivity index (χ1) is 49.3. The molecule has 3 saturated carbocycles. The van der Waals surface area contributed by atoms with Gasteiger partial charge in [-0.2, -0.15) is 0 Å². The van der Waals surface area contributed by atoms with Crippen LogP contribution in [0.25, 0.3) is 0 Å². The van der Waals surface area contributed by atoms with Gasteiger partial charge >= 0.3 is 0 Å². The summed E-state index contributed by atoms with van der Waals surface area (Å²) in [5.41, 5.74) is 0.702. The van der Waals surface area contributed by atoms with E-state index in [9.17, 15) is 55.9 Å². The lowest BCUT2D eigenvalue weighted by atomic mass is 9.85. The molecule has 104 heavy (non-hydrogen) atoms. The van der Waals surface area contributed by atoms with Crippen LogP contribution in [0.1, 0.15) is 321 Å². The number of hydrogen-bond donors (Lipinski definition) is 11. The molecule has 3 aliphatic carbocycles. The van der Waals surface area contributed by atoms with Crippen molar-refractivity contribution in [3.8, 4) is 28.7 Å². The van der Waals surface area contributed by atoms with Crippen molar-refractivity contribution in [1.29, 1.82) is 0 Å². The molecule has 5 unspecified atom stereocenters. The quantitative estimate of drug-likeness (QED) is 0.0165. The molecule has 1 amide bonds. The normalized spacial score (nSPS) is 16.6. The number of amides is 1. The van der Waals surface area contributed by atoms with Gasteiger partial charge < -0.3 is 80.1 Å². The van der Waals surface area contributed by atoms with Crippen molar-refractivity contribution < 1.29 is 79.5 Å². The molecule has 0 heterocycles. The van der Waals surface area contributed by atoms with E-state index in [-0.39, 0.29) is 19.9 Å². The molecule has 5 atom stereocenters. The van der Waals surface area contributed by atoms with Gasteiger partial charge in [0, 0.05) is 13.5 Å². The van der Waals surface area contributed by atoms with E-state index >= 15 is 0 Å². The maximum absolute atomic E-state index is 10.9. The first kappa shape index (κ1) is 92.4. The van der Waals surface area contributed by atoms with Crippen LogP contribution in [0.15, 0.2) is 121 Å². The van der Waals surface area contributed by atoms with Crippen molar-refractivity contribution in [3.63, 3.8) is 0 Å². The lowest BCUT2D eigenvalue weighted by Crippen LogP contribution is -2.37. The van der Waals surface area contributed by atoms with Gasteiger partial charge in [0.2, 0.25) is 5.91 Å². The number of carbonyl (C=O) groups excluding carboxylic acids is 1. The first-order valence-electron chi connectivity index (χ1n) is 39.2. The van der Waals surface area contributed by atoms with Crippen LogP contribution in [0.2, 0.25) is 0 Å². The van der Waals surface area contributed by atoms with Gasteiger partial charge in [0.15, 0.2) is 0 Å². The fraction of sp³-hybridized carbons (Fsp3) is 0.644. The van der Waals surface area contributed by atoms with Crippen molar-refractivity contribution >= 4 is 5.91 Å². The molecule has 588 valence electrons. The van der Waals surface area contributed by atoms with Crippen molar-refractivity contribution in [2.45, 2.75) is 321 Å². The zero-order valence-electron chi connectivity index (χ0n) is 64.3. The minimum atomic E-state index is -0.766. The van der Waals surface area contributed by atoms with Gasteiger partial charge in [0.1, 0.15) is 61.8 Å². The number of aliphatic hydroxyl groups is 10. The summed E-state index contributed by atoms with van der Waals surface area (Å²) < 4.78 is 28.7. The van der Waals surface area contributed by atoms with Gasteiger partial charge in [-0.05, 0) is 185 Å². The van der Waals surface area contributed by atoms with Gasteiger partial charge in [-0.1, -0.05) is 220 Å². The van der Waals surface area contributed by atoms with Crippen LogP contribution in [0.4, 0.5) is 0 Å². The van der Waals surface area contributed by atoms with Crippen molar-refractivity contribution in [1.82, 2.24) is 5.32 Å². The molecule has 0 aliphatic heterocycles. The van der Waals surface area contributed by atoms with Crippen molar-refractivity contribution in [2.24, 2.45) is 0 Å². The summed E-state index contributed by atoms with van der Waals surface area (Å²) in [7, 11) is 0. The number of carbonyl (C=O) groups is 1. The molecule has 0 radical (unpaired) electrons. The molecule has 5 aromatic carbocycles. The Bertz CT molecular complexity index is 2980. The van der Waals surface area contributed by atoms with Crippen LogP contribution in [0, 0.1) is 0 Å². The summed E-state index contributed by atoms with van der Waals surface area (Å²) >= 11 is 0. The van der Waals surface area contributed by atoms with E-state index in [4.69, 9.17) is 23.7 Å². The van der Waals surface area contributed by atoms with Gasteiger partial charge in [0.05, 0.1) is 58.5 Å². The van der Waals surface area contributed by atoms with E-state index in [0.29, 0.717) is 69.5 Å². The van der Waals surface area contributed by atoms with Crippen LogP contribution in [-0.2, 0) is 4.79 Å². The molecule has 0 spiro atoms. The lowest BCUT2D eigenvalue weighted by Gasteiger charge is -2.31. The van der Waals surface area contributed by atoms with E-state index in [0.717, 1.165) is 193 Å². The van der Waals surface area contributed by atoms with Gasteiger partial charge in [0.25, 0.3) is 0 Å². The van der Waals surface area contributed by atoms with Gasteiger partial charge in [-0.15, -0.1) is 0 Å². The number of benzene rings is 5. The highest BCUT2D eigenvalue weighted by molar-refractivity contribution is 5.72. The van der Waals surface area contributed by atoms with Crippen LogP contribution in [0.5, 0.6) is 28.7 Å². The second kappa shape index (κ2) is 49.9. The average molecular weight is 1460 g/mol. The van der Waals surface area contributed by atoms with Crippen LogP contribution < -0.4 is 29.0 Å². The largest absolute Gasteiger partial charge is 0.491 e. The summed E-state index contributed by atoms with van der Waals surface area (Å²) in [5.74, 6) is 3.44. The Hall–Kier alpha value is -5.83. The second-order valence-electron chi connectivity index (χ2n) is 29.3. The number of nitrogens with one attached hydrogen (secondary N) is 1. The SMILES string of the molecule is C.CC(=O)NCCC(O)c1cccc(OCC2(O)CCCCCC2)c1.CCCC(O)c1cccc(OCC(O)(CC)CC)c1.CCCC(O)c1cccc(OCC(O)(CCC)CCC)c1.CCCC(O)c1cccc(OCC2(O)CCCC2)c1.CCCC(O)c1cccc(OCC2(O)CCCCC2)c1. The first-order valence-corrected chi connectivity index (χ1v) is 39.2. The van der Waals surface area contributed by atoms with Crippen LogP contribution >= 0.6 is 0 Å². The third-order valence-corrected chi connectivity index (χ3v) is 19.9. The van der Waals surface area contributed by atoms with E-state index in [1.165, 1.54) is 26.2 Å². The molecule has 3 fully saturated rings. The fourth-order valence-corrected chi connectivity index (χ4v) is 13.2. The van der Waals surface area contributed by atoms with E-state index < -0.39 is 58.5 Å². The Morgan fingerprint density at radius 2 is 0.635 bits per heavy atom. The number of aliphatic hydroxyl groups excluding tert-OH is 5. The zero-order valence-corrected chi connectivity index (χ0v) is 64.3. The molecule has 0 bridgehead atoms. The lowest BCUT2D eigenvalue weighted by molar-refractivity contribution is -0.119. The Morgan fingerprint density at radius 1 is 0.385 bits per heavy atom. The van der Waals surface area contributed by atoms with Crippen molar-refractivity contribution in [3.05, 3.63) is 149 Å². The third-order valence-electron chi connectivity index (χ3n) is 19.9. The Morgan fingerprint density at radius 3 is 0.894 bits per heavy atom. The number of ether oxygens (including phenoxy) is 5. The third kappa shape index (κ3) is 35.7. The Labute approximate surface area is 626 Å². The molecule has 3 aliphatic rings. The van der Waals surface area contributed by atoms with E-state index in [2.05, 4.69) is 39.9 Å². The summed E-state index contributed by atoms with van der Waals surface area (Å²) in [6.07, 6.45) is 24.4. The monoisotopic (exact) mass is 1450 g/mol. The highest BCUT2D eigenvalue weighted by Crippen LogP contribution is 2.35. The van der Waals surface area contributed by atoms with Gasteiger partial charge in [-0.25, -0.2) is 0 Å². The predicted molar refractivity (Wildman–Crippen MR) is 419 cm³/mol. The fourth-order valence-electron chi connectivity index (χ4n) is 13.2. The molecule has 5 aromatic rings. The summed E-state index contributed by atoms with van der Waals surface area (Å²) in [6.45, 7) is 19.7. The zero-order chi connectivity index (χ0) is 75.6. The Kier molecular flexibility index (Phi) is 44.3. The van der Waals surface area contributed by atoms with Crippen molar-refractivity contribution in [2.75, 3.05) is 39.6 Å². The summed E-state index contributed by atoms with van der Waals surface area (Å²) in [4.78, 5) is 10.9. The number of rotatable bonds is 37.